The number of carbonyl (C=O) groups excluding carboxylic acids is 2. The lowest BCUT2D eigenvalue weighted by Gasteiger charge is -2.18. The van der Waals surface area contributed by atoms with Crippen LogP contribution in [0.3, 0.4) is 0 Å². The van der Waals surface area contributed by atoms with Crippen LogP contribution in [0.15, 0.2) is 42.5 Å². The van der Waals surface area contributed by atoms with E-state index < -0.39 is 34.3 Å². The van der Waals surface area contributed by atoms with Gasteiger partial charge in [0.05, 0.1) is 17.0 Å². The van der Waals surface area contributed by atoms with E-state index in [1.165, 1.54) is 36.4 Å². The largest absolute Gasteiger partial charge is 0.491 e. The third kappa shape index (κ3) is 3.24. The molecule has 3 rings (SSSR count). The van der Waals surface area contributed by atoms with Crippen LogP contribution in [0, 0.1) is 15.9 Å². The molecule has 1 N–H and O–H groups in total. The van der Waals surface area contributed by atoms with Gasteiger partial charge in [0.25, 0.3) is 17.5 Å². The third-order valence-corrected chi connectivity index (χ3v) is 3.82. The molecule has 2 aromatic carbocycles. The first-order valence-electron chi connectivity index (χ1n) is 7.58. The highest BCUT2D eigenvalue weighted by Gasteiger charge is 2.41. The molecule has 1 heterocycles. The number of benzene rings is 2. The molecule has 2 amide bonds. The fourth-order valence-corrected chi connectivity index (χ4v) is 2.62. The number of imide groups is 1. The number of hydrogen-bond acceptors (Lipinski definition) is 6. The molecule has 1 atom stereocenters. The predicted molar refractivity (Wildman–Crippen MR) is 86.4 cm³/mol. The van der Waals surface area contributed by atoms with Crippen LogP contribution in [0.4, 0.5) is 10.1 Å². The summed E-state index contributed by atoms with van der Waals surface area (Å²) in [5.41, 5.74) is -0.814. The predicted octanol–water partition coefficient (Wildman–Crippen LogP) is 1.77. The summed E-state index contributed by atoms with van der Waals surface area (Å²) in [6, 6.07) is 8.89. The molecular weight excluding hydrogens is 347 g/mol. The maximum Gasteiger partial charge on any atom is 0.282 e. The van der Waals surface area contributed by atoms with Gasteiger partial charge in [0.15, 0.2) is 0 Å². The van der Waals surface area contributed by atoms with Crippen molar-refractivity contribution in [2.45, 2.75) is 6.10 Å². The van der Waals surface area contributed by atoms with Gasteiger partial charge in [0.1, 0.15) is 29.8 Å². The molecule has 8 nitrogen and oxygen atoms in total. The van der Waals surface area contributed by atoms with Crippen LogP contribution < -0.4 is 4.74 Å². The fourth-order valence-electron chi connectivity index (χ4n) is 2.62. The molecule has 0 saturated carbocycles. The molecule has 0 aliphatic carbocycles. The van der Waals surface area contributed by atoms with Gasteiger partial charge in [-0.3, -0.25) is 24.6 Å². The molecule has 1 aliphatic rings. The van der Waals surface area contributed by atoms with E-state index in [9.17, 15) is 29.2 Å². The number of aliphatic hydroxyl groups is 1. The number of amides is 2. The molecule has 1 aliphatic heterocycles. The Morgan fingerprint density at radius 2 is 1.85 bits per heavy atom. The van der Waals surface area contributed by atoms with Crippen molar-refractivity contribution in [3.63, 3.8) is 0 Å². The first-order valence-corrected chi connectivity index (χ1v) is 7.58. The second-order valence-electron chi connectivity index (χ2n) is 5.60. The van der Waals surface area contributed by atoms with Gasteiger partial charge in [0, 0.05) is 6.07 Å². The number of fused-ring (bicyclic) bond motifs is 1. The molecule has 0 radical (unpaired) electrons. The van der Waals surface area contributed by atoms with Gasteiger partial charge in [-0.1, -0.05) is 6.07 Å². The summed E-state index contributed by atoms with van der Waals surface area (Å²) in [6.07, 6.45) is -1.22. The van der Waals surface area contributed by atoms with Crippen molar-refractivity contribution in [1.82, 2.24) is 4.90 Å². The quantitative estimate of drug-likeness (QED) is 0.478. The number of halogens is 1. The summed E-state index contributed by atoms with van der Waals surface area (Å²) >= 11 is 0. The lowest BCUT2D eigenvalue weighted by molar-refractivity contribution is -0.385. The summed E-state index contributed by atoms with van der Waals surface area (Å²) in [6.45, 7) is -0.633. The molecular formula is C17H13FN2O6. The molecule has 0 saturated heterocycles. The number of rotatable bonds is 6. The lowest BCUT2D eigenvalue weighted by Crippen LogP contribution is -2.39. The van der Waals surface area contributed by atoms with Crippen LogP contribution in [0.2, 0.25) is 0 Å². The summed E-state index contributed by atoms with van der Waals surface area (Å²) in [5, 5.41) is 21.1. The van der Waals surface area contributed by atoms with Gasteiger partial charge in [-0.2, -0.15) is 0 Å². The van der Waals surface area contributed by atoms with Crippen molar-refractivity contribution in [2.75, 3.05) is 13.2 Å². The van der Waals surface area contributed by atoms with E-state index in [-0.39, 0.29) is 24.3 Å². The topological polar surface area (TPSA) is 110 Å². The minimum atomic E-state index is -1.22. The number of β-amino-alcohol motifs (C(OH)–C–C–N with tert-alkyl or cyclic N) is 1. The number of nitrogens with zero attached hydrogens (tertiary/aromatic N) is 2. The SMILES string of the molecule is O=C1c2cccc([N+](=O)[O-])c2C(=O)N1C[C@H](O)COc1ccc(F)cc1. The van der Waals surface area contributed by atoms with Gasteiger partial charge in [-0.05, 0) is 30.3 Å². The van der Waals surface area contributed by atoms with Gasteiger partial charge in [-0.15, -0.1) is 0 Å². The average Bonchev–Trinajstić information content (AvgIpc) is 2.86. The normalized spacial score (nSPS) is 14.3. The van der Waals surface area contributed by atoms with Gasteiger partial charge >= 0.3 is 0 Å². The van der Waals surface area contributed by atoms with E-state index in [0.29, 0.717) is 5.75 Å². The Labute approximate surface area is 146 Å². The van der Waals surface area contributed by atoms with E-state index in [2.05, 4.69) is 0 Å². The second kappa shape index (κ2) is 6.89. The first-order chi connectivity index (χ1) is 12.4. The Morgan fingerprint density at radius 1 is 1.15 bits per heavy atom. The second-order valence-corrected chi connectivity index (χ2v) is 5.60. The standard InChI is InChI=1S/C17H13FN2O6/c18-10-4-6-12(7-5-10)26-9-11(21)8-19-16(22)13-2-1-3-14(20(24)25)15(13)17(19)23/h1-7,11,21H,8-9H2/t11-/m0/s1. The van der Waals surface area contributed by atoms with Crippen molar-refractivity contribution in [1.29, 1.82) is 0 Å². The number of nitro groups is 1. The number of aliphatic hydroxyl groups excluding tert-OH is 1. The zero-order valence-corrected chi connectivity index (χ0v) is 13.3. The van der Waals surface area contributed by atoms with Crippen LogP contribution in [-0.4, -0.2) is 46.0 Å². The van der Waals surface area contributed by atoms with Gasteiger partial charge in [0.2, 0.25) is 0 Å². The first kappa shape index (κ1) is 17.5. The Bertz CT molecular complexity index is 883. The van der Waals surface area contributed by atoms with E-state index in [4.69, 9.17) is 4.74 Å². The lowest BCUT2D eigenvalue weighted by atomic mass is 10.1. The zero-order chi connectivity index (χ0) is 18.8. The summed E-state index contributed by atoms with van der Waals surface area (Å²) in [5.74, 6) is -1.68. The average molecular weight is 360 g/mol. The summed E-state index contributed by atoms with van der Waals surface area (Å²) < 4.78 is 18.1. The minimum Gasteiger partial charge on any atom is -0.491 e. The highest BCUT2D eigenvalue weighted by molar-refractivity contribution is 6.23. The minimum absolute atomic E-state index is 0.0733. The summed E-state index contributed by atoms with van der Waals surface area (Å²) in [7, 11) is 0. The molecule has 0 spiro atoms. The smallest absolute Gasteiger partial charge is 0.282 e. The molecule has 2 aromatic rings. The molecule has 0 unspecified atom stereocenters. The molecule has 26 heavy (non-hydrogen) atoms. The van der Waals surface area contributed by atoms with Crippen LogP contribution in [0.1, 0.15) is 20.7 Å². The van der Waals surface area contributed by atoms with E-state index in [1.54, 1.807) is 0 Å². The summed E-state index contributed by atoms with van der Waals surface area (Å²) in [4.78, 5) is 35.8. The molecule has 0 aromatic heterocycles. The van der Waals surface area contributed by atoms with E-state index in [1.807, 2.05) is 0 Å². The highest BCUT2D eigenvalue weighted by Crippen LogP contribution is 2.30. The van der Waals surface area contributed by atoms with Crippen molar-refractivity contribution in [3.8, 4) is 5.75 Å². The maximum absolute atomic E-state index is 12.8. The van der Waals surface area contributed by atoms with Crippen molar-refractivity contribution in [3.05, 3.63) is 69.5 Å². The Kier molecular flexibility index (Phi) is 4.63. The highest BCUT2D eigenvalue weighted by atomic mass is 19.1. The van der Waals surface area contributed by atoms with Crippen LogP contribution in [0.5, 0.6) is 5.75 Å². The molecule has 0 fully saturated rings. The van der Waals surface area contributed by atoms with E-state index in [0.717, 1.165) is 11.0 Å². The Hall–Kier alpha value is -3.33. The fraction of sp³-hybridized carbons (Fsp3) is 0.176. The van der Waals surface area contributed by atoms with Crippen LogP contribution >= 0.6 is 0 Å². The Balaban J connectivity index is 1.69. The van der Waals surface area contributed by atoms with E-state index >= 15 is 0 Å². The van der Waals surface area contributed by atoms with Crippen molar-refractivity contribution < 1.29 is 28.7 Å². The molecule has 0 bridgehead atoms. The van der Waals surface area contributed by atoms with Crippen LogP contribution in [0.25, 0.3) is 0 Å². The van der Waals surface area contributed by atoms with Gasteiger partial charge < -0.3 is 9.84 Å². The monoisotopic (exact) mass is 360 g/mol. The number of ether oxygens (including phenoxy) is 1. The van der Waals surface area contributed by atoms with Gasteiger partial charge in [-0.25, -0.2) is 4.39 Å². The molecule has 9 heteroatoms. The van der Waals surface area contributed by atoms with Crippen LogP contribution in [-0.2, 0) is 0 Å². The zero-order valence-electron chi connectivity index (χ0n) is 13.3. The number of hydrogen-bond donors (Lipinski definition) is 1. The van der Waals surface area contributed by atoms with Crippen molar-refractivity contribution >= 4 is 17.5 Å². The third-order valence-electron chi connectivity index (χ3n) is 3.82. The van der Waals surface area contributed by atoms with Crippen molar-refractivity contribution in [2.24, 2.45) is 0 Å². The Morgan fingerprint density at radius 3 is 2.50 bits per heavy atom. The molecule has 134 valence electrons. The maximum atomic E-state index is 12.8. The number of nitro benzene ring substituents is 1. The number of carbonyl (C=O) groups is 2.